The van der Waals surface area contributed by atoms with Gasteiger partial charge in [0.25, 0.3) is 0 Å². The van der Waals surface area contributed by atoms with E-state index < -0.39 is 0 Å². The van der Waals surface area contributed by atoms with Crippen LogP contribution in [-0.4, -0.2) is 16.7 Å². The molecule has 59 valence electrons. The Kier molecular flexibility index (Phi) is 5.15. The van der Waals surface area contributed by atoms with E-state index in [0.717, 1.165) is 4.90 Å². The first-order chi connectivity index (χ1) is 3.72. The van der Waals surface area contributed by atoms with Gasteiger partial charge in [-0.2, -0.15) is 0 Å². The SMILES string of the molecule is [CH2-]N1C(=O)C=CC1=O.[CH3-].[Cu+2]. The predicted molar refractivity (Wildman–Crippen MR) is 32.8 cm³/mol. The number of rotatable bonds is 0. The van der Waals surface area contributed by atoms with E-state index in [1.807, 2.05) is 0 Å². The second kappa shape index (κ2) is 4.25. The van der Waals surface area contributed by atoms with Crippen molar-refractivity contribution in [3.05, 3.63) is 26.6 Å². The van der Waals surface area contributed by atoms with Gasteiger partial charge in [0.15, 0.2) is 0 Å². The molecule has 0 aromatic heterocycles. The molecule has 1 radical (unpaired) electrons. The molecule has 0 aromatic carbocycles. The van der Waals surface area contributed by atoms with Crippen LogP contribution in [0.5, 0.6) is 0 Å². The van der Waals surface area contributed by atoms with Crippen molar-refractivity contribution in [2.75, 3.05) is 0 Å². The summed E-state index contributed by atoms with van der Waals surface area (Å²) in [5.74, 6) is -0.704. The van der Waals surface area contributed by atoms with Crippen LogP contribution in [0.3, 0.4) is 0 Å². The van der Waals surface area contributed by atoms with Gasteiger partial charge in [-0.15, -0.1) is 0 Å². The van der Waals surface area contributed by atoms with Gasteiger partial charge in [-0.3, -0.25) is 9.59 Å². The molecular weight excluding hydrogens is 182 g/mol. The number of nitrogens with zero attached hydrogens (tertiary/aromatic N) is 1. The van der Waals surface area contributed by atoms with Crippen LogP contribution in [-0.2, 0) is 26.7 Å². The van der Waals surface area contributed by atoms with Crippen LogP contribution < -0.4 is 0 Å². The summed E-state index contributed by atoms with van der Waals surface area (Å²) in [4.78, 5) is 21.5. The fourth-order valence-corrected chi connectivity index (χ4v) is 0.431. The van der Waals surface area contributed by atoms with Gasteiger partial charge in [0.1, 0.15) is 0 Å². The molecule has 0 fully saturated rings. The Morgan fingerprint density at radius 2 is 1.50 bits per heavy atom. The molecule has 0 bridgehead atoms. The van der Waals surface area contributed by atoms with Crippen LogP contribution in [0.4, 0.5) is 0 Å². The van der Waals surface area contributed by atoms with Crippen molar-refractivity contribution in [1.82, 2.24) is 4.90 Å². The number of hydrogen-bond donors (Lipinski definition) is 0. The average Bonchev–Trinajstić information content (AvgIpc) is 1.98. The third-order valence-corrected chi connectivity index (χ3v) is 0.901. The standard InChI is InChI=1S/C5H4NO2.CH3.Cu/c1-6-4(7)2-3-5(6)8;;/h2-3H,1H2;1H3;/q2*-1;+2. The van der Waals surface area contributed by atoms with Crippen LogP contribution in [0.15, 0.2) is 12.2 Å². The minimum Gasteiger partial charge on any atom is -0.431 e. The van der Waals surface area contributed by atoms with Gasteiger partial charge < -0.3 is 12.3 Å². The van der Waals surface area contributed by atoms with Gasteiger partial charge in [-0.25, -0.2) is 7.05 Å². The maximum atomic E-state index is 10.3. The van der Waals surface area contributed by atoms with Gasteiger partial charge >= 0.3 is 17.1 Å². The van der Waals surface area contributed by atoms with E-state index in [4.69, 9.17) is 0 Å². The molecule has 0 atom stereocenters. The summed E-state index contributed by atoms with van der Waals surface area (Å²) in [5, 5.41) is 0. The zero-order valence-electron chi connectivity index (χ0n) is 5.43. The molecule has 1 aliphatic rings. The fraction of sp³-hybridized carbons (Fsp3) is 0. The van der Waals surface area contributed by atoms with E-state index >= 15 is 0 Å². The summed E-state index contributed by atoms with van der Waals surface area (Å²) in [5.41, 5.74) is 0. The third kappa shape index (κ3) is 1.97. The van der Waals surface area contributed by atoms with Crippen LogP contribution in [0.2, 0.25) is 0 Å². The monoisotopic (exact) mass is 188 g/mol. The van der Waals surface area contributed by atoms with Crippen molar-refractivity contribution in [1.29, 1.82) is 0 Å². The van der Waals surface area contributed by atoms with Crippen LogP contribution in [0.1, 0.15) is 0 Å². The molecule has 0 aliphatic carbocycles. The normalized spacial score (nSPS) is 14.7. The quantitative estimate of drug-likeness (QED) is 0.308. The Morgan fingerprint density at radius 1 is 1.20 bits per heavy atom. The van der Waals surface area contributed by atoms with Gasteiger partial charge in [0.05, 0.1) is 0 Å². The number of hydrogen-bond acceptors (Lipinski definition) is 2. The molecular formula is C6H7CuNO2. The Balaban J connectivity index is 0. The first-order valence-corrected chi connectivity index (χ1v) is 2.08. The molecule has 4 heteroatoms. The third-order valence-electron chi connectivity index (χ3n) is 0.901. The van der Waals surface area contributed by atoms with E-state index in [-0.39, 0.29) is 36.3 Å². The molecule has 0 spiro atoms. The molecule has 2 amide bonds. The maximum Gasteiger partial charge on any atom is 2.00 e. The number of amides is 2. The molecule has 10 heavy (non-hydrogen) atoms. The fourth-order valence-electron chi connectivity index (χ4n) is 0.431. The topological polar surface area (TPSA) is 37.4 Å². The Labute approximate surface area is 70.6 Å². The number of imide groups is 1. The second-order valence-corrected chi connectivity index (χ2v) is 1.44. The predicted octanol–water partition coefficient (Wildman–Crippen LogP) is 0.151. The van der Waals surface area contributed by atoms with Crippen molar-refractivity contribution in [3.8, 4) is 0 Å². The molecule has 0 N–H and O–H groups in total. The van der Waals surface area contributed by atoms with E-state index in [1.165, 1.54) is 12.2 Å². The zero-order chi connectivity index (χ0) is 6.15. The van der Waals surface area contributed by atoms with Gasteiger partial charge in [0.2, 0.25) is 11.8 Å². The summed E-state index contributed by atoms with van der Waals surface area (Å²) >= 11 is 0. The van der Waals surface area contributed by atoms with Gasteiger partial charge in [-0.1, -0.05) is 0 Å². The smallest absolute Gasteiger partial charge is 0.431 e. The second-order valence-electron chi connectivity index (χ2n) is 1.44. The first-order valence-electron chi connectivity index (χ1n) is 2.08. The van der Waals surface area contributed by atoms with Crippen molar-refractivity contribution >= 4 is 11.8 Å². The first kappa shape index (κ1) is 12.1. The summed E-state index contributed by atoms with van der Waals surface area (Å²) in [6.45, 7) is 0. The van der Waals surface area contributed by atoms with Crippen molar-refractivity contribution in [2.24, 2.45) is 0 Å². The zero-order valence-corrected chi connectivity index (χ0v) is 6.37. The van der Waals surface area contributed by atoms with E-state index in [9.17, 15) is 9.59 Å². The molecule has 1 rings (SSSR count). The molecule has 0 saturated carbocycles. The molecule has 1 aliphatic heterocycles. The van der Waals surface area contributed by atoms with Crippen LogP contribution in [0.25, 0.3) is 0 Å². The van der Waals surface area contributed by atoms with E-state index in [1.54, 1.807) is 0 Å². The van der Waals surface area contributed by atoms with Crippen LogP contribution >= 0.6 is 0 Å². The summed E-state index contributed by atoms with van der Waals surface area (Å²) in [6, 6.07) is 0. The Morgan fingerprint density at radius 3 is 1.60 bits per heavy atom. The minimum atomic E-state index is -0.352. The minimum absolute atomic E-state index is 0. The largest absolute Gasteiger partial charge is 2.00 e. The van der Waals surface area contributed by atoms with Crippen molar-refractivity contribution in [2.45, 2.75) is 0 Å². The van der Waals surface area contributed by atoms with Gasteiger partial charge in [0, 0.05) is 12.2 Å². The Bertz CT molecular complexity index is 159. The number of carbonyl (C=O) groups is 2. The Hall–Kier alpha value is -0.601. The molecule has 0 saturated heterocycles. The van der Waals surface area contributed by atoms with E-state index in [2.05, 4.69) is 7.05 Å². The van der Waals surface area contributed by atoms with Crippen molar-refractivity contribution in [3.63, 3.8) is 0 Å². The number of carbonyl (C=O) groups excluding carboxylic acids is 2. The summed E-state index contributed by atoms with van der Waals surface area (Å²) in [6.07, 6.45) is 2.38. The average molecular weight is 189 g/mol. The molecule has 0 aromatic rings. The van der Waals surface area contributed by atoms with Gasteiger partial charge in [-0.05, 0) is 0 Å². The van der Waals surface area contributed by atoms with Crippen LogP contribution in [0, 0.1) is 14.5 Å². The summed E-state index contributed by atoms with van der Waals surface area (Å²) < 4.78 is 0. The van der Waals surface area contributed by atoms with Crippen molar-refractivity contribution < 1.29 is 26.7 Å². The molecule has 3 nitrogen and oxygen atoms in total. The maximum absolute atomic E-state index is 10.3. The summed E-state index contributed by atoms with van der Waals surface area (Å²) in [7, 11) is 3.17. The van der Waals surface area contributed by atoms with E-state index in [0.29, 0.717) is 0 Å². The molecule has 0 unspecified atom stereocenters. The molecule has 1 heterocycles.